The van der Waals surface area contributed by atoms with Gasteiger partial charge in [0.1, 0.15) is 0 Å². The molecule has 1 heterocycles. The second kappa shape index (κ2) is 7.53. The second-order valence-corrected chi connectivity index (χ2v) is 7.70. The summed E-state index contributed by atoms with van der Waals surface area (Å²) in [5, 5.41) is 3.65. The van der Waals surface area contributed by atoms with Crippen molar-refractivity contribution in [1.82, 2.24) is 4.98 Å². The van der Waals surface area contributed by atoms with Crippen LogP contribution in [0.25, 0.3) is 11.3 Å². The quantitative estimate of drug-likeness (QED) is 0.680. The second-order valence-electron chi connectivity index (χ2n) is 6.62. The van der Waals surface area contributed by atoms with Gasteiger partial charge in [-0.3, -0.25) is 10.1 Å². The summed E-state index contributed by atoms with van der Waals surface area (Å²) in [6.45, 7) is 6.17. The van der Waals surface area contributed by atoms with Crippen LogP contribution in [0.1, 0.15) is 34.6 Å². The van der Waals surface area contributed by atoms with E-state index in [9.17, 15) is 4.79 Å². The van der Waals surface area contributed by atoms with E-state index in [1.54, 1.807) is 11.3 Å². The van der Waals surface area contributed by atoms with Gasteiger partial charge in [-0.25, -0.2) is 4.98 Å². The molecule has 0 bridgehead atoms. The molecule has 5 heteroatoms. The zero-order valence-electron chi connectivity index (χ0n) is 15.7. The van der Waals surface area contributed by atoms with Gasteiger partial charge in [-0.05, 0) is 56.5 Å². The Hall–Kier alpha value is -2.66. The van der Waals surface area contributed by atoms with Crippen LogP contribution in [0, 0.1) is 0 Å². The van der Waals surface area contributed by atoms with Gasteiger partial charge < -0.3 is 4.90 Å². The number of aryl methyl sites for hydroxylation is 2. The maximum absolute atomic E-state index is 12.6. The highest BCUT2D eigenvalue weighted by Gasteiger charge is 2.21. The molecule has 0 saturated carbocycles. The van der Waals surface area contributed by atoms with Crippen LogP contribution in [0.4, 0.5) is 10.8 Å². The summed E-state index contributed by atoms with van der Waals surface area (Å²) in [5.74, 6) is -0.111. The summed E-state index contributed by atoms with van der Waals surface area (Å²) < 4.78 is 0. The van der Waals surface area contributed by atoms with Crippen molar-refractivity contribution in [2.45, 2.75) is 26.7 Å². The third kappa shape index (κ3) is 3.47. The van der Waals surface area contributed by atoms with Crippen LogP contribution in [0.5, 0.6) is 0 Å². The molecule has 1 aliphatic rings. The monoisotopic (exact) mass is 377 g/mol. The zero-order chi connectivity index (χ0) is 18.8. The van der Waals surface area contributed by atoms with Crippen LogP contribution < -0.4 is 10.2 Å². The topological polar surface area (TPSA) is 45.2 Å². The minimum atomic E-state index is -0.111. The summed E-state index contributed by atoms with van der Waals surface area (Å²) in [6.07, 6.45) is 2.02. The number of nitrogens with zero attached hydrogens (tertiary/aromatic N) is 2. The van der Waals surface area contributed by atoms with Crippen molar-refractivity contribution in [1.29, 1.82) is 0 Å². The number of carbonyl (C=O) groups is 1. The lowest BCUT2D eigenvalue weighted by molar-refractivity contribution is 0.102. The van der Waals surface area contributed by atoms with E-state index in [2.05, 4.69) is 42.3 Å². The van der Waals surface area contributed by atoms with Crippen molar-refractivity contribution >= 4 is 28.1 Å². The zero-order valence-corrected chi connectivity index (χ0v) is 16.5. The normalized spacial score (nSPS) is 12.2. The number of hydrogen-bond donors (Lipinski definition) is 1. The molecule has 27 heavy (non-hydrogen) atoms. The fourth-order valence-corrected chi connectivity index (χ4v) is 4.55. The minimum Gasteiger partial charge on any atom is -0.372 e. The van der Waals surface area contributed by atoms with Gasteiger partial charge in [-0.1, -0.05) is 24.3 Å². The van der Waals surface area contributed by atoms with Crippen molar-refractivity contribution in [2.75, 3.05) is 23.3 Å². The van der Waals surface area contributed by atoms with Crippen LogP contribution in [0.2, 0.25) is 0 Å². The summed E-state index contributed by atoms with van der Waals surface area (Å²) >= 11 is 1.59. The summed E-state index contributed by atoms with van der Waals surface area (Å²) in [6, 6.07) is 16.2. The number of nitrogens with one attached hydrogen (secondary N) is 1. The van der Waals surface area contributed by atoms with Crippen molar-refractivity contribution in [2.24, 2.45) is 0 Å². The first-order valence-corrected chi connectivity index (χ1v) is 10.3. The van der Waals surface area contributed by atoms with Crippen molar-refractivity contribution < 1.29 is 4.79 Å². The van der Waals surface area contributed by atoms with Gasteiger partial charge in [0.25, 0.3) is 5.91 Å². The molecule has 0 atom stereocenters. The molecule has 0 aliphatic heterocycles. The number of anilines is 2. The molecule has 1 amide bonds. The van der Waals surface area contributed by atoms with E-state index in [-0.39, 0.29) is 5.91 Å². The fraction of sp³-hybridized carbons (Fsp3) is 0.273. The first-order valence-electron chi connectivity index (χ1n) is 9.44. The SMILES string of the molecule is CCN(CC)c1ccc(C(=O)Nc2nc3c(s2)CCc2ccccc2-3)cc1. The largest absolute Gasteiger partial charge is 0.372 e. The number of thiazole rings is 1. The van der Waals surface area contributed by atoms with E-state index in [0.717, 1.165) is 37.3 Å². The lowest BCUT2D eigenvalue weighted by atomic mass is 9.94. The predicted molar refractivity (Wildman–Crippen MR) is 113 cm³/mol. The Labute approximate surface area is 163 Å². The van der Waals surface area contributed by atoms with E-state index >= 15 is 0 Å². The average Bonchev–Trinajstić information content (AvgIpc) is 3.12. The molecule has 1 N–H and O–H groups in total. The van der Waals surface area contributed by atoms with Gasteiger partial charge in [0.15, 0.2) is 5.13 Å². The summed E-state index contributed by atoms with van der Waals surface area (Å²) in [4.78, 5) is 20.9. The van der Waals surface area contributed by atoms with Crippen LogP contribution in [-0.2, 0) is 12.8 Å². The molecule has 138 valence electrons. The smallest absolute Gasteiger partial charge is 0.257 e. The van der Waals surface area contributed by atoms with Crippen molar-refractivity contribution in [3.63, 3.8) is 0 Å². The first kappa shape index (κ1) is 17.7. The standard InChI is InChI=1S/C22H23N3OS/c1-3-25(4-2)17-12-9-16(10-13-17)21(26)24-22-23-20-18-8-6-5-7-15(18)11-14-19(20)27-22/h5-10,12-13H,3-4,11,14H2,1-2H3,(H,23,24,26). The molecule has 4 nitrogen and oxygen atoms in total. The van der Waals surface area contributed by atoms with E-state index in [1.165, 1.54) is 16.0 Å². The van der Waals surface area contributed by atoms with E-state index in [1.807, 2.05) is 30.3 Å². The van der Waals surface area contributed by atoms with Gasteiger partial charge in [0, 0.05) is 34.8 Å². The fourth-order valence-electron chi connectivity index (χ4n) is 3.58. The third-order valence-electron chi connectivity index (χ3n) is 5.07. The molecule has 0 radical (unpaired) electrons. The van der Waals surface area contributed by atoms with Gasteiger partial charge in [-0.15, -0.1) is 11.3 Å². The molecule has 4 rings (SSSR count). The average molecular weight is 378 g/mol. The summed E-state index contributed by atoms with van der Waals surface area (Å²) in [5.41, 5.74) is 5.34. The minimum absolute atomic E-state index is 0.111. The molecule has 3 aromatic rings. The Kier molecular flexibility index (Phi) is 4.94. The molecule has 0 saturated heterocycles. The summed E-state index contributed by atoms with van der Waals surface area (Å²) in [7, 11) is 0. The van der Waals surface area contributed by atoms with Crippen LogP contribution >= 0.6 is 11.3 Å². The number of hydrogen-bond acceptors (Lipinski definition) is 4. The van der Waals surface area contributed by atoms with Crippen LogP contribution in [0.3, 0.4) is 0 Å². The maximum Gasteiger partial charge on any atom is 0.257 e. The highest BCUT2D eigenvalue weighted by molar-refractivity contribution is 7.16. The van der Waals surface area contributed by atoms with Crippen molar-refractivity contribution in [3.8, 4) is 11.3 Å². The first-order chi connectivity index (χ1) is 13.2. The van der Waals surface area contributed by atoms with E-state index in [4.69, 9.17) is 4.98 Å². The predicted octanol–water partition coefficient (Wildman–Crippen LogP) is 5.01. The number of rotatable bonds is 5. The number of aromatic nitrogens is 1. The van der Waals surface area contributed by atoms with Gasteiger partial charge in [0.2, 0.25) is 0 Å². The molecule has 2 aromatic carbocycles. The van der Waals surface area contributed by atoms with Crippen molar-refractivity contribution in [3.05, 3.63) is 64.5 Å². The Balaban J connectivity index is 1.52. The van der Waals surface area contributed by atoms with Gasteiger partial charge in [-0.2, -0.15) is 0 Å². The number of carbonyl (C=O) groups excluding carboxylic acids is 1. The molecule has 0 spiro atoms. The molecule has 1 aliphatic carbocycles. The molecular formula is C22H23N3OS. The Morgan fingerprint density at radius 2 is 1.81 bits per heavy atom. The van der Waals surface area contributed by atoms with E-state index < -0.39 is 0 Å². The van der Waals surface area contributed by atoms with Crippen LogP contribution in [0.15, 0.2) is 48.5 Å². The Morgan fingerprint density at radius 1 is 1.07 bits per heavy atom. The highest BCUT2D eigenvalue weighted by atomic mass is 32.1. The maximum atomic E-state index is 12.6. The number of fused-ring (bicyclic) bond motifs is 3. The molecular weight excluding hydrogens is 354 g/mol. The number of benzene rings is 2. The molecule has 0 unspecified atom stereocenters. The van der Waals surface area contributed by atoms with Gasteiger partial charge in [0.05, 0.1) is 5.69 Å². The Bertz CT molecular complexity index is 958. The van der Waals surface area contributed by atoms with E-state index in [0.29, 0.717) is 10.7 Å². The molecule has 1 aromatic heterocycles. The third-order valence-corrected chi connectivity index (χ3v) is 6.10. The molecule has 0 fully saturated rings. The Morgan fingerprint density at radius 3 is 2.56 bits per heavy atom. The highest BCUT2D eigenvalue weighted by Crippen LogP contribution is 2.38. The van der Waals surface area contributed by atoms with Gasteiger partial charge >= 0.3 is 0 Å². The van der Waals surface area contributed by atoms with Crippen LogP contribution in [-0.4, -0.2) is 24.0 Å². The number of amides is 1. The lowest BCUT2D eigenvalue weighted by Crippen LogP contribution is -2.21. The lowest BCUT2D eigenvalue weighted by Gasteiger charge is -2.20.